The molecular weight excluding hydrogens is 493 g/mol. The Balaban J connectivity index is 1.41. The van der Waals surface area contributed by atoms with Crippen molar-refractivity contribution in [3.63, 3.8) is 0 Å². The Hall–Kier alpha value is -2.12. The number of aryl methyl sites for hydroxylation is 1. The van der Waals surface area contributed by atoms with Crippen LogP contribution in [-0.2, 0) is 20.9 Å². The minimum atomic E-state index is -0.266. The van der Waals surface area contributed by atoms with Crippen molar-refractivity contribution >= 4 is 34.3 Å². The summed E-state index contributed by atoms with van der Waals surface area (Å²) in [4.78, 5) is 28.8. The van der Waals surface area contributed by atoms with Gasteiger partial charge in [-0.2, -0.15) is 0 Å². The summed E-state index contributed by atoms with van der Waals surface area (Å²) in [6.07, 6.45) is 6.33. The number of benzene rings is 1. The number of likely N-dealkylation sites (tertiary alicyclic amines) is 2. The molecule has 6 nitrogen and oxygen atoms in total. The van der Waals surface area contributed by atoms with Gasteiger partial charge in [0, 0.05) is 76.8 Å². The minimum Gasteiger partial charge on any atom is -0.385 e. The number of fused-ring (bicyclic) bond motifs is 1. The zero-order chi connectivity index (χ0) is 26.5. The molecule has 1 aromatic carbocycles. The monoisotopic (exact) mass is 533 g/mol. The van der Waals surface area contributed by atoms with Crippen molar-refractivity contribution in [3.05, 3.63) is 34.7 Å². The SMILES string of the molecule is COCCCn1c(C2CCCN(C(=O)CC(C)CC3CCN(C(C)=O)CC3)C2)cc2c(F)ccc(Cl)c21. The molecule has 2 aliphatic rings. The molecule has 0 bridgehead atoms. The van der Waals surface area contributed by atoms with E-state index in [-0.39, 0.29) is 23.5 Å². The Morgan fingerprint density at radius 1 is 1.16 bits per heavy atom. The summed E-state index contributed by atoms with van der Waals surface area (Å²) in [5.41, 5.74) is 1.79. The summed E-state index contributed by atoms with van der Waals surface area (Å²) in [5, 5.41) is 1.10. The van der Waals surface area contributed by atoms with E-state index in [1.807, 2.05) is 15.9 Å². The number of halogens is 2. The minimum absolute atomic E-state index is 0.148. The maximum Gasteiger partial charge on any atom is 0.222 e. The topological polar surface area (TPSA) is 54.8 Å². The number of amides is 2. The fourth-order valence-electron chi connectivity index (χ4n) is 6.28. The normalized spacial score (nSPS) is 20.0. The summed E-state index contributed by atoms with van der Waals surface area (Å²) in [6, 6.07) is 4.99. The van der Waals surface area contributed by atoms with Gasteiger partial charge in [-0.25, -0.2) is 4.39 Å². The van der Waals surface area contributed by atoms with E-state index in [0.29, 0.717) is 48.4 Å². The van der Waals surface area contributed by atoms with Gasteiger partial charge in [0.15, 0.2) is 0 Å². The van der Waals surface area contributed by atoms with Gasteiger partial charge in [0.25, 0.3) is 0 Å². The summed E-state index contributed by atoms with van der Waals surface area (Å²) in [6.45, 7) is 8.22. The molecule has 8 heteroatoms. The summed E-state index contributed by atoms with van der Waals surface area (Å²) >= 11 is 6.54. The molecule has 2 amide bonds. The smallest absolute Gasteiger partial charge is 0.222 e. The van der Waals surface area contributed by atoms with Gasteiger partial charge in [0.05, 0.1) is 10.5 Å². The molecule has 4 rings (SSSR count). The number of nitrogens with zero attached hydrogens (tertiary/aromatic N) is 3. The maximum absolute atomic E-state index is 14.7. The van der Waals surface area contributed by atoms with E-state index in [4.69, 9.17) is 16.3 Å². The summed E-state index contributed by atoms with van der Waals surface area (Å²) < 4.78 is 22.1. The van der Waals surface area contributed by atoms with Gasteiger partial charge in [0.2, 0.25) is 11.8 Å². The van der Waals surface area contributed by atoms with Crippen molar-refractivity contribution in [1.82, 2.24) is 14.4 Å². The van der Waals surface area contributed by atoms with E-state index in [9.17, 15) is 14.0 Å². The second-order valence-corrected chi connectivity index (χ2v) is 11.4. The third-order valence-electron chi connectivity index (χ3n) is 8.23. The van der Waals surface area contributed by atoms with Crippen molar-refractivity contribution in [3.8, 4) is 0 Å². The third kappa shape index (κ3) is 6.66. The van der Waals surface area contributed by atoms with Gasteiger partial charge in [-0.15, -0.1) is 0 Å². The van der Waals surface area contributed by atoms with Crippen LogP contribution in [0.4, 0.5) is 4.39 Å². The Morgan fingerprint density at radius 2 is 1.92 bits per heavy atom. The van der Waals surface area contributed by atoms with E-state index < -0.39 is 0 Å². The van der Waals surface area contributed by atoms with Crippen molar-refractivity contribution < 1.29 is 18.7 Å². The second-order valence-electron chi connectivity index (χ2n) is 11.0. The Kier molecular flexibility index (Phi) is 9.51. The summed E-state index contributed by atoms with van der Waals surface area (Å²) in [5.74, 6) is 1.14. The van der Waals surface area contributed by atoms with Crippen molar-refractivity contribution in [2.75, 3.05) is 39.9 Å². The molecule has 0 N–H and O–H groups in total. The zero-order valence-corrected chi connectivity index (χ0v) is 23.2. The maximum atomic E-state index is 14.7. The number of piperidine rings is 2. The molecular formula is C29H41ClFN3O3. The van der Waals surface area contributed by atoms with Crippen LogP contribution in [0.2, 0.25) is 5.02 Å². The largest absolute Gasteiger partial charge is 0.385 e. The van der Waals surface area contributed by atoms with Crippen LogP contribution in [0.5, 0.6) is 0 Å². The third-order valence-corrected chi connectivity index (χ3v) is 8.53. The molecule has 0 saturated carbocycles. The van der Waals surface area contributed by atoms with E-state index in [1.165, 1.54) is 6.07 Å². The van der Waals surface area contributed by atoms with E-state index in [0.717, 1.165) is 69.4 Å². The van der Waals surface area contributed by atoms with Crippen molar-refractivity contribution in [2.24, 2.45) is 11.8 Å². The van der Waals surface area contributed by atoms with E-state index in [1.54, 1.807) is 20.1 Å². The number of rotatable bonds is 9. The fraction of sp³-hybridized carbons (Fsp3) is 0.655. The van der Waals surface area contributed by atoms with E-state index in [2.05, 4.69) is 11.5 Å². The molecule has 3 heterocycles. The van der Waals surface area contributed by atoms with Gasteiger partial charge in [-0.3, -0.25) is 9.59 Å². The van der Waals surface area contributed by atoms with E-state index >= 15 is 0 Å². The first-order chi connectivity index (χ1) is 17.8. The highest BCUT2D eigenvalue weighted by Gasteiger charge is 2.30. The van der Waals surface area contributed by atoms with Crippen LogP contribution in [0, 0.1) is 17.7 Å². The molecule has 0 spiro atoms. The lowest BCUT2D eigenvalue weighted by molar-refractivity contribution is -0.133. The van der Waals surface area contributed by atoms with Crippen LogP contribution in [0.25, 0.3) is 10.9 Å². The predicted octanol–water partition coefficient (Wildman–Crippen LogP) is 5.85. The van der Waals surface area contributed by atoms with Gasteiger partial charge in [0.1, 0.15) is 5.82 Å². The van der Waals surface area contributed by atoms with Crippen LogP contribution in [0.15, 0.2) is 18.2 Å². The molecule has 204 valence electrons. The Morgan fingerprint density at radius 3 is 2.62 bits per heavy atom. The average molecular weight is 534 g/mol. The van der Waals surface area contributed by atoms with Crippen LogP contribution in [0.1, 0.15) is 70.4 Å². The van der Waals surface area contributed by atoms with Gasteiger partial charge in [-0.05, 0) is 68.6 Å². The Bertz CT molecular complexity index is 1100. The first kappa shape index (κ1) is 27.9. The highest BCUT2D eigenvalue weighted by Crippen LogP contribution is 2.36. The Labute approximate surface area is 225 Å². The number of hydrogen-bond donors (Lipinski definition) is 0. The molecule has 0 aliphatic carbocycles. The first-order valence-corrected chi connectivity index (χ1v) is 14.2. The number of hydrogen-bond acceptors (Lipinski definition) is 3. The highest BCUT2D eigenvalue weighted by atomic mass is 35.5. The van der Waals surface area contributed by atoms with Crippen LogP contribution in [-0.4, -0.2) is 66.1 Å². The van der Waals surface area contributed by atoms with Crippen LogP contribution in [0.3, 0.4) is 0 Å². The van der Waals surface area contributed by atoms with Crippen LogP contribution >= 0.6 is 11.6 Å². The van der Waals surface area contributed by atoms with Crippen LogP contribution < -0.4 is 0 Å². The van der Waals surface area contributed by atoms with Crippen molar-refractivity contribution in [1.29, 1.82) is 0 Å². The lowest BCUT2D eigenvalue weighted by atomic mass is 9.86. The second kappa shape index (κ2) is 12.6. The molecule has 0 radical (unpaired) electrons. The molecule has 2 unspecified atom stereocenters. The molecule has 2 aliphatic heterocycles. The lowest BCUT2D eigenvalue weighted by Gasteiger charge is -2.35. The number of carbonyl (C=O) groups excluding carboxylic acids is 2. The number of carbonyl (C=O) groups is 2. The average Bonchev–Trinajstić information content (AvgIpc) is 3.27. The first-order valence-electron chi connectivity index (χ1n) is 13.8. The lowest BCUT2D eigenvalue weighted by Crippen LogP contribution is -2.40. The summed E-state index contributed by atoms with van der Waals surface area (Å²) in [7, 11) is 1.68. The molecule has 1 aromatic heterocycles. The number of methoxy groups -OCH3 is 1. The number of aromatic nitrogens is 1. The quantitative estimate of drug-likeness (QED) is 0.380. The van der Waals surface area contributed by atoms with Gasteiger partial charge >= 0.3 is 0 Å². The number of ether oxygens (including phenoxy) is 1. The van der Waals surface area contributed by atoms with Gasteiger partial charge < -0.3 is 19.1 Å². The van der Waals surface area contributed by atoms with Gasteiger partial charge in [-0.1, -0.05) is 18.5 Å². The highest BCUT2D eigenvalue weighted by molar-refractivity contribution is 6.35. The molecule has 37 heavy (non-hydrogen) atoms. The molecule has 2 saturated heterocycles. The fourth-order valence-corrected chi connectivity index (χ4v) is 6.54. The predicted molar refractivity (Wildman–Crippen MR) is 145 cm³/mol. The van der Waals surface area contributed by atoms with Crippen molar-refractivity contribution in [2.45, 2.75) is 71.3 Å². The zero-order valence-electron chi connectivity index (χ0n) is 22.5. The molecule has 2 atom stereocenters. The molecule has 2 fully saturated rings. The standard InChI is InChI=1S/C29H41ClFN3O3/c1-20(16-22-9-13-32(14-10-22)21(2)35)17-28(36)33-11-4-6-23(19-33)27-18-24-26(31)8-7-25(30)29(24)34(27)12-5-15-37-3/h7-8,18,20,22-23H,4-6,9-17,19H2,1-3H3. The molecule has 2 aromatic rings.